The molecule has 1 aromatic carbocycles. The van der Waals surface area contributed by atoms with Crippen LogP contribution in [-0.4, -0.2) is 9.97 Å². The predicted molar refractivity (Wildman–Crippen MR) is 59.8 cm³/mol. The molecule has 2 rings (SSSR count). The normalized spacial score (nSPS) is 10.4. The van der Waals surface area contributed by atoms with Crippen LogP contribution in [0.15, 0.2) is 41.5 Å². The summed E-state index contributed by atoms with van der Waals surface area (Å²) < 4.78 is 18.5. The Hall–Kier alpha value is -2.01. The van der Waals surface area contributed by atoms with Crippen molar-refractivity contribution < 1.29 is 9.13 Å². The molecule has 88 valence electrons. The number of nitrogens with zero attached hydrogens (tertiary/aromatic N) is 1. The van der Waals surface area contributed by atoms with Crippen molar-refractivity contribution in [1.29, 1.82) is 0 Å². The summed E-state index contributed by atoms with van der Waals surface area (Å²) in [6.45, 7) is 0.333. The van der Waals surface area contributed by atoms with Gasteiger partial charge in [0.15, 0.2) is 0 Å². The second kappa shape index (κ2) is 5.36. The highest BCUT2D eigenvalue weighted by molar-refractivity contribution is 5.13. The van der Waals surface area contributed by atoms with E-state index in [1.54, 1.807) is 0 Å². The van der Waals surface area contributed by atoms with Gasteiger partial charge in [-0.25, -0.2) is 4.98 Å². The first-order valence-electron chi connectivity index (χ1n) is 5.11. The van der Waals surface area contributed by atoms with Gasteiger partial charge in [0, 0.05) is 0 Å². The lowest BCUT2D eigenvalue weighted by Gasteiger charge is -2.04. The van der Waals surface area contributed by atoms with Gasteiger partial charge in [-0.15, -0.1) is 0 Å². The Balaban J connectivity index is 1.95. The minimum atomic E-state index is -0.888. The number of ether oxygens (including phenoxy) is 1. The van der Waals surface area contributed by atoms with Gasteiger partial charge in [-0.05, 0) is 5.56 Å². The van der Waals surface area contributed by atoms with Crippen LogP contribution in [0.25, 0.3) is 0 Å². The van der Waals surface area contributed by atoms with E-state index in [2.05, 4.69) is 9.97 Å². The second-order valence-corrected chi connectivity index (χ2v) is 3.47. The van der Waals surface area contributed by atoms with Crippen LogP contribution in [-0.2, 0) is 18.0 Å². The highest BCUT2D eigenvalue weighted by atomic mass is 19.1. The van der Waals surface area contributed by atoms with Gasteiger partial charge in [0.1, 0.15) is 5.69 Å². The maximum Gasteiger partial charge on any atom is 0.287 e. The number of aromatic nitrogens is 2. The Bertz CT molecular complexity index is 540. The SMILES string of the molecule is O=c1[nH]cnc(COCc2ccccc2)c1F. The number of aromatic amines is 1. The molecule has 0 aliphatic heterocycles. The van der Waals surface area contributed by atoms with Crippen LogP contribution in [0.5, 0.6) is 0 Å². The fraction of sp³-hybridized carbons (Fsp3) is 0.167. The number of rotatable bonds is 4. The van der Waals surface area contributed by atoms with Crippen LogP contribution < -0.4 is 5.56 Å². The van der Waals surface area contributed by atoms with Crippen LogP contribution >= 0.6 is 0 Å². The summed E-state index contributed by atoms with van der Waals surface area (Å²) in [4.78, 5) is 16.8. The summed E-state index contributed by atoms with van der Waals surface area (Å²) in [6, 6.07) is 9.50. The van der Waals surface area contributed by atoms with Crippen molar-refractivity contribution in [2.24, 2.45) is 0 Å². The van der Waals surface area contributed by atoms with Crippen LogP contribution in [0.3, 0.4) is 0 Å². The average molecular weight is 234 g/mol. The van der Waals surface area contributed by atoms with Crippen molar-refractivity contribution in [2.75, 3.05) is 0 Å². The molecular formula is C12H11FN2O2. The monoisotopic (exact) mass is 234 g/mol. The Morgan fingerprint density at radius 3 is 2.76 bits per heavy atom. The number of halogens is 1. The molecule has 0 amide bonds. The maximum atomic E-state index is 13.2. The third-order valence-corrected chi connectivity index (χ3v) is 2.22. The number of hydrogen-bond acceptors (Lipinski definition) is 3. The molecule has 4 nitrogen and oxygen atoms in total. The van der Waals surface area contributed by atoms with E-state index in [4.69, 9.17) is 4.74 Å². The molecule has 0 saturated heterocycles. The second-order valence-electron chi connectivity index (χ2n) is 3.47. The largest absolute Gasteiger partial charge is 0.370 e. The number of benzene rings is 1. The quantitative estimate of drug-likeness (QED) is 0.874. The lowest BCUT2D eigenvalue weighted by atomic mass is 10.2. The molecule has 0 aliphatic rings. The van der Waals surface area contributed by atoms with Crippen LogP contribution in [0.2, 0.25) is 0 Å². The van der Waals surface area contributed by atoms with Crippen molar-refractivity contribution in [2.45, 2.75) is 13.2 Å². The molecule has 0 fully saturated rings. The molecule has 0 atom stereocenters. The Labute approximate surface area is 97.1 Å². The van der Waals surface area contributed by atoms with Gasteiger partial charge < -0.3 is 9.72 Å². The minimum Gasteiger partial charge on any atom is -0.370 e. The molecule has 0 radical (unpaired) electrons. The highest BCUT2D eigenvalue weighted by Gasteiger charge is 2.07. The molecule has 0 saturated carbocycles. The smallest absolute Gasteiger partial charge is 0.287 e. The first-order chi connectivity index (χ1) is 8.27. The van der Waals surface area contributed by atoms with Crippen molar-refractivity contribution in [3.8, 4) is 0 Å². The number of hydrogen-bond donors (Lipinski definition) is 1. The van der Waals surface area contributed by atoms with E-state index in [1.165, 1.54) is 0 Å². The van der Waals surface area contributed by atoms with Crippen molar-refractivity contribution >= 4 is 0 Å². The van der Waals surface area contributed by atoms with E-state index in [-0.39, 0.29) is 12.3 Å². The molecule has 0 unspecified atom stereocenters. The third kappa shape index (κ3) is 2.98. The molecule has 17 heavy (non-hydrogen) atoms. The van der Waals surface area contributed by atoms with Gasteiger partial charge in [-0.2, -0.15) is 4.39 Å². The molecule has 0 spiro atoms. The zero-order chi connectivity index (χ0) is 12.1. The maximum absolute atomic E-state index is 13.2. The topological polar surface area (TPSA) is 55.0 Å². The number of nitrogens with one attached hydrogen (secondary N) is 1. The summed E-state index contributed by atoms with van der Waals surface area (Å²) in [6.07, 6.45) is 1.16. The first-order valence-corrected chi connectivity index (χ1v) is 5.11. The summed E-state index contributed by atoms with van der Waals surface area (Å²) >= 11 is 0. The summed E-state index contributed by atoms with van der Waals surface area (Å²) in [5, 5.41) is 0. The molecule has 0 aliphatic carbocycles. The Kier molecular flexibility index (Phi) is 3.62. The van der Waals surface area contributed by atoms with Crippen LogP contribution in [0.1, 0.15) is 11.3 Å². The third-order valence-electron chi connectivity index (χ3n) is 2.22. The summed E-state index contributed by atoms with van der Waals surface area (Å²) in [7, 11) is 0. The standard InChI is InChI=1S/C12H11FN2O2/c13-11-10(14-8-15-12(11)16)7-17-6-9-4-2-1-3-5-9/h1-5,8H,6-7H2,(H,14,15,16). The van der Waals surface area contributed by atoms with Gasteiger partial charge >= 0.3 is 0 Å². The van der Waals surface area contributed by atoms with E-state index >= 15 is 0 Å². The fourth-order valence-electron chi connectivity index (χ4n) is 1.36. The van der Waals surface area contributed by atoms with E-state index < -0.39 is 11.4 Å². The summed E-state index contributed by atoms with van der Waals surface area (Å²) in [5.74, 6) is -0.888. The van der Waals surface area contributed by atoms with Gasteiger partial charge in [-0.1, -0.05) is 30.3 Å². The Morgan fingerprint density at radius 1 is 1.24 bits per heavy atom. The lowest BCUT2D eigenvalue weighted by Crippen LogP contribution is -2.15. The van der Waals surface area contributed by atoms with Crippen LogP contribution in [0, 0.1) is 5.82 Å². The van der Waals surface area contributed by atoms with Crippen molar-refractivity contribution in [1.82, 2.24) is 9.97 Å². The van der Waals surface area contributed by atoms with E-state index in [9.17, 15) is 9.18 Å². The van der Waals surface area contributed by atoms with Gasteiger partial charge in [0.25, 0.3) is 5.56 Å². The number of H-pyrrole nitrogens is 1. The zero-order valence-corrected chi connectivity index (χ0v) is 9.02. The average Bonchev–Trinajstić information content (AvgIpc) is 2.36. The molecule has 1 N–H and O–H groups in total. The molecule has 2 aromatic rings. The van der Waals surface area contributed by atoms with Gasteiger partial charge in [0.2, 0.25) is 5.82 Å². The summed E-state index contributed by atoms with van der Waals surface area (Å²) in [5.41, 5.74) is 0.223. The fourth-order valence-corrected chi connectivity index (χ4v) is 1.36. The molecule has 1 heterocycles. The van der Waals surface area contributed by atoms with Gasteiger partial charge in [-0.3, -0.25) is 4.79 Å². The highest BCUT2D eigenvalue weighted by Crippen LogP contribution is 2.04. The van der Waals surface area contributed by atoms with E-state index in [0.29, 0.717) is 6.61 Å². The van der Waals surface area contributed by atoms with E-state index in [0.717, 1.165) is 11.9 Å². The molecule has 5 heteroatoms. The first kappa shape index (κ1) is 11.5. The predicted octanol–water partition coefficient (Wildman–Crippen LogP) is 1.63. The van der Waals surface area contributed by atoms with Crippen LogP contribution in [0.4, 0.5) is 4.39 Å². The van der Waals surface area contributed by atoms with Crippen molar-refractivity contribution in [3.05, 3.63) is 64.1 Å². The van der Waals surface area contributed by atoms with Gasteiger partial charge in [0.05, 0.1) is 19.5 Å². The Morgan fingerprint density at radius 2 is 2.00 bits per heavy atom. The lowest BCUT2D eigenvalue weighted by molar-refractivity contribution is 0.102. The molecule has 1 aromatic heterocycles. The molecular weight excluding hydrogens is 223 g/mol. The zero-order valence-electron chi connectivity index (χ0n) is 9.02. The molecule has 0 bridgehead atoms. The van der Waals surface area contributed by atoms with E-state index in [1.807, 2.05) is 30.3 Å². The minimum absolute atomic E-state index is 0.0182. The van der Waals surface area contributed by atoms with Crippen molar-refractivity contribution in [3.63, 3.8) is 0 Å².